The molecule has 1 aromatic rings. The fourth-order valence-electron chi connectivity index (χ4n) is 1.83. The van der Waals surface area contributed by atoms with Crippen molar-refractivity contribution < 1.29 is 5.11 Å². The highest BCUT2D eigenvalue weighted by molar-refractivity contribution is 5.50. The van der Waals surface area contributed by atoms with Crippen LogP contribution in [0.2, 0.25) is 0 Å². The van der Waals surface area contributed by atoms with E-state index in [2.05, 4.69) is 38.2 Å². The Morgan fingerprint density at radius 1 is 1.19 bits per heavy atom. The molecule has 0 saturated heterocycles. The van der Waals surface area contributed by atoms with Crippen LogP contribution >= 0.6 is 0 Å². The molecule has 0 aliphatic rings. The predicted octanol–water partition coefficient (Wildman–Crippen LogP) is 3.21. The summed E-state index contributed by atoms with van der Waals surface area (Å²) in [6.07, 6.45) is 2.00. The van der Waals surface area contributed by atoms with E-state index >= 15 is 0 Å². The van der Waals surface area contributed by atoms with Crippen LogP contribution in [0.15, 0.2) is 24.3 Å². The maximum atomic E-state index is 9.48. The zero-order chi connectivity index (χ0) is 12.0. The summed E-state index contributed by atoms with van der Waals surface area (Å²) in [5.41, 5.74) is 2.44. The largest absolute Gasteiger partial charge is 0.396 e. The van der Waals surface area contributed by atoms with Crippen LogP contribution < -0.4 is 5.32 Å². The zero-order valence-electron chi connectivity index (χ0n) is 10.6. The van der Waals surface area contributed by atoms with Crippen LogP contribution in [0.5, 0.6) is 0 Å². The van der Waals surface area contributed by atoms with Crippen molar-refractivity contribution in [1.29, 1.82) is 0 Å². The van der Waals surface area contributed by atoms with E-state index in [4.69, 9.17) is 0 Å². The molecular formula is C14H23NO. The maximum absolute atomic E-state index is 9.48. The van der Waals surface area contributed by atoms with Crippen LogP contribution in [0, 0.1) is 12.3 Å². The molecule has 0 radical (unpaired) electrons. The topological polar surface area (TPSA) is 32.3 Å². The molecule has 0 spiro atoms. The molecular weight excluding hydrogens is 198 g/mol. The molecule has 0 saturated carbocycles. The zero-order valence-corrected chi connectivity index (χ0v) is 10.6. The van der Waals surface area contributed by atoms with Crippen molar-refractivity contribution in [2.45, 2.75) is 33.6 Å². The second kappa shape index (κ2) is 5.90. The second-order valence-corrected chi connectivity index (χ2v) is 4.53. The van der Waals surface area contributed by atoms with Crippen molar-refractivity contribution in [2.24, 2.45) is 5.41 Å². The molecule has 0 aromatic heterocycles. The summed E-state index contributed by atoms with van der Waals surface area (Å²) < 4.78 is 0. The van der Waals surface area contributed by atoms with Gasteiger partial charge in [-0.3, -0.25) is 0 Å². The van der Waals surface area contributed by atoms with Gasteiger partial charge in [0.1, 0.15) is 0 Å². The first-order chi connectivity index (χ1) is 7.67. The lowest BCUT2D eigenvalue weighted by Gasteiger charge is -2.30. The molecule has 2 N–H and O–H groups in total. The number of para-hydroxylation sites is 1. The third-order valence-corrected chi connectivity index (χ3v) is 3.63. The summed E-state index contributed by atoms with van der Waals surface area (Å²) in [4.78, 5) is 0. The van der Waals surface area contributed by atoms with Gasteiger partial charge >= 0.3 is 0 Å². The van der Waals surface area contributed by atoms with Gasteiger partial charge in [0.25, 0.3) is 0 Å². The number of aliphatic hydroxyl groups is 1. The highest BCUT2D eigenvalue weighted by Gasteiger charge is 2.24. The van der Waals surface area contributed by atoms with Crippen molar-refractivity contribution in [3.63, 3.8) is 0 Å². The van der Waals surface area contributed by atoms with Gasteiger partial charge in [-0.25, -0.2) is 0 Å². The van der Waals surface area contributed by atoms with Gasteiger partial charge in [-0.1, -0.05) is 32.0 Å². The van der Waals surface area contributed by atoms with Crippen molar-refractivity contribution in [2.75, 3.05) is 18.5 Å². The minimum Gasteiger partial charge on any atom is -0.396 e. The summed E-state index contributed by atoms with van der Waals surface area (Å²) in [6.45, 7) is 7.46. The fraction of sp³-hybridized carbons (Fsp3) is 0.571. The lowest BCUT2D eigenvalue weighted by Crippen LogP contribution is -2.32. The van der Waals surface area contributed by atoms with Crippen molar-refractivity contribution in [3.8, 4) is 0 Å². The van der Waals surface area contributed by atoms with E-state index in [1.807, 2.05) is 12.1 Å². The van der Waals surface area contributed by atoms with Crippen LogP contribution in [0.3, 0.4) is 0 Å². The van der Waals surface area contributed by atoms with Gasteiger partial charge in [0.2, 0.25) is 0 Å². The molecule has 1 aromatic carbocycles. The maximum Gasteiger partial charge on any atom is 0.0504 e. The molecule has 0 fully saturated rings. The molecule has 2 nitrogen and oxygen atoms in total. The van der Waals surface area contributed by atoms with Crippen LogP contribution in [-0.2, 0) is 0 Å². The number of anilines is 1. The Labute approximate surface area is 98.7 Å². The fourth-order valence-corrected chi connectivity index (χ4v) is 1.83. The first-order valence-corrected chi connectivity index (χ1v) is 6.08. The van der Waals surface area contributed by atoms with E-state index < -0.39 is 0 Å². The number of benzene rings is 1. The average molecular weight is 221 g/mol. The minimum atomic E-state index is 0.0162. The van der Waals surface area contributed by atoms with E-state index in [9.17, 15) is 5.11 Å². The Morgan fingerprint density at radius 3 is 2.31 bits per heavy atom. The summed E-state index contributed by atoms with van der Waals surface area (Å²) in [6, 6.07) is 8.26. The van der Waals surface area contributed by atoms with Crippen molar-refractivity contribution in [3.05, 3.63) is 29.8 Å². The molecule has 0 aliphatic heterocycles. The number of nitrogens with one attached hydrogen (secondary N) is 1. The summed E-state index contributed by atoms with van der Waals surface area (Å²) in [5, 5.41) is 12.9. The molecule has 1 rings (SSSR count). The molecule has 16 heavy (non-hydrogen) atoms. The van der Waals surface area contributed by atoms with Gasteiger partial charge in [0.15, 0.2) is 0 Å². The predicted molar refractivity (Wildman–Crippen MR) is 69.8 cm³/mol. The summed E-state index contributed by atoms with van der Waals surface area (Å²) in [7, 11) is 0. The van der Waals surface area contributed by atoms with Crippen LogP contribution in [0.4, 0.5) is 5.69 Å². The van der Waals surface area contributed by atoms with Gasteiger partial charge in [0, 0.05) is 17.6 Å². The molecule has 0 bridgehead atoms. The lowest BCUT2D eigenvalue weighted by atomic mass is 9.83. The number of aliphatic hydroxyl groups excluding tert-OH is 1. The first kappa shape index (κ1) is 13.0. The van der Waals surface area contributed by atoms with E-state index in [1.54, 1.807) is 0 Å². The molecule has 0 atom stereocenters. The monoisotopic (exact) mass is 221 g/mol. The van der Waals surface area contributed by atoms with E-state index in [-0.39, 0.29) is 12.0 Å². The number of rotatable bonds is 6. The van der Waals surface area contributed by atoms with Crippen molar-refractivity contribution >= 4 is 5.69 Å². The summed E-state index contributed by atoms with van der Waals surface area (Å²) >= 11 is 0. The smallest absolute Gasteiger partial charge is 0.0504 e. The second-order valence-electron chi connectivity index (χ2n) is 4.53. The normalized spacial score (nSPS) is 11.5. The average Bonchev–Trinajstić information content (AvgIpc) is 2.34. The molecule has 2 heteroatoms. The van der Waals surface area contributed by atoms with Gasteiger partial charge in [-0.05, 0) is 31.4 Å². The Kier molecular flexibility index (Phi) is 4.81. The molecule has 0 aliphatic carbocycles. The summed E-state index contributed by atoms with van der Waals surface area (Å²) in [5.74, 6) is 0. The van der Waals surface area contributed by atoms with Crippen LogP contribution in [-0.4, -0.2) is 18.3 Å². The van der Waals surface area contributed by atoms with E-state index in [0.29, 0.717) is 0 Å². The lowest BCUT2D eigenvalue weighted by molar-refractivity contribution is 0.127. The highest BCUT2D eigenvalue weighted by Crippen LogP contribution is 2.26. The number of aryl methyl sites for hydroxylation is 1. The Hall–Kier alpha value is -1.02. The Morgan fingerprint density at radius 2 is 1.81 bits per heavy atom. The SMILES string of the molecule is CCC(CC)(CO)CNc1ccccc1C. The molecule has 90 valence electrons. The third kappa shape index (κ3) is 2.99. The van der Waals surface area contributed by atoms with Crippen LogP contribution in [0.1, 0.15) is 32.3 Å². The van der Waals surface area contributed by atoms with Gasteiger partial charge < -0.3 is 10.4 Å². The Bertz CT molecular complexity index is 310. The van der Waals surface area contributed by atoms with Gasteiger partial charge in [-0.2, -0.15) is 0 Å². The van der Waals surface area contributed by atoms with E-state index in [0.717, 1.165) is 19.4 Å². The molecule has 0 heterocycles. The quantitative estimate of drug-likeness (QED) is 0.773. The number of hydrogen-bond acceptors (Lipinski definition) is 2. The highest BCUT2D eigenvalue weighted by atomic mass is 16.3. The van der Waals surface area contributed by atoms with E-state index in [1.165, 1.54) is 11.3 Å². The van der Waals surface area contributed by atoms with Gasteiger partial charge in [-0.15, -0.1) is 0 Å². The Balaban J connectivity index is 2.66. The van der Waals surface area contributed by atoms with Crippen LogP contribution in [0.25, 0.3) is 0 Å². The van der Waals surface area contributed by atoms with Crippen molar-refractivity contribution in [1.82, 2.24) is 0 Å². The first-order valence-electron chi connectivity index (χ1n) is 6.08. The number of hydrogen-bond donors (Lipinski definition) is 2. The minimum absolute atomic E-state index is 0.0162. The standard InChI is InChI=1S/C14H23NO/c1-4-14(5-2,11-16)10-15-13-9-7-6-8-12(13)3/h6-9,15-16H,4-5,10-11H2,1-3H3. The third-order valence-electron chi connectivity index (χ3n) is 3.63. The van der Waals surface area contributed by atoms with Gasteiger partial charge in [0.05, 0.1) is 6.61 Å². The molecule has 0 amide bonds. The molecule has 0 unspecified atom stereocenters.